The highest BCUT2D eigenvalue weighted by molar-refractivity contribution is 5.93. The molecule has 0 saturated heterocycles. The monoisotopic (exact) mass is 282 g/mol. The molecule has 0 aliphatic rings. The molecule has 2 rings (SSSR count). The number of carbonyl (C=O) groups is 1. The van der Waals surface area contributed by atoms with Crippen molar-refractivity contribution in [3.63, 3.8) is 0 Å². The molecule has 0 amide bonds. The van der Waals surface area contributed by atoms with Crippen LogP contribution in [-0.2, 0) is 4.79 Å². The zero-order valence-corrected chi connectivity index (χ0v) is 11.9. The van der Waals surface area contributed by atoms with E-state index in [1.807, 2.05) is 30.3 Å². The number of methoxy groups -OCH3 is 1. The summed E-state index contributed by atoms with van der Waals surface area (Å²) in [5.74, 6) is 0.614. The summed E-state index contributed by atoms with van der Waals surface area (Å²) < 4.78 is 5.06. The van der Waals surface area contributed by atoms with Crippen LogP contribution in [0.15, 0.2) is 60.7 Å². The lowest BCUT2D eigenvalue weighted by molar-refractivity contribution is -0.116. The smallest absolute Gasteiger partial charge is 0.158 e. The van der Waals surface area contributed by atoms with E-state index >= 15 is 0 Å². The summed E-state index contributed by atoms with van der Waals surface area (Å²) in [7, 11) is 1.59. The number of aliphatic hydroxyl groups is 1. The highest BCUT2D eigenvalue weighted by Crippen LogP contribution is 2.20. The summed E-state index contributed by atoms with van der Waals surface area (Å²) >= 11 is 0. The van der Waals surface area contributed by atoms with Gasteiger partial charge >= 0.3 is 0 Å². The first kappa shape index (κ1) is 15.0. The van der Waals surface area contributed by atoms with Gasteiger partial charge in [0.05, 0.1) is 13.2 Å². The fraction of sp³-hybridized carbons (Fsp3) is 0.167. The Morgan fingerprint density at radius 1 is 1.14 bits per heavy atom. The van der Waals surface area contributed by atoms with Gasteiger partial charge in [-0.3, -0.25) is 4.79 Å². The van der Waals surface area contributed by atoms with E-state index in [-0.39, 0.29) is 12.2 Å². The van der Waals surface area contributed by atoms with Gasteiger partial charge in [-0.05, 0) is 29.3 Å². The van der Waals surface area contributed by atoms with Gasteiger partial charge in [0.15, 0.2) is 5.78 Å². The van der Waals surface area contributed by atoms with Gasteiger partial charge in [-0.2, -0.15) is 0 Å². The van der Waals surface area contributed by atoms with Crippen LogP contribution in [0.1, 0.15) is 23.7 Å². The molecular weight excluding hydrogens is 264 g/mol. The third-order valence-electron chi connectivity index (χ3n) is 3.16. The molecule has 1 atom stereocenters. The lowest BCUT2D eigenvalue weighted by Crippen LogP contribution is -2.04. The molecule has 0 aliphatic carbocycles. The number of ether oxygens (including phenoxy) is 1. The molecule has 3 heteroatoms. The molecule has 108 valence electrons. The Kier molecular flexibility index (Phi) is 5.29. The standard InChI is InChI=1S/C18H18O3/c1-21-17-11-8-15(9-12-17)18(20)13-16(19)10-7-14-5-3-2-4-6-14/h2-12,18,20H,13H2,1H3/b10-7+. The van der Waals surface area contributed by atoms with Gasteiger partial charge in [-0.15, -0.1) is 0 Å². The summed E-state index contributed by atoms with van der Waals surface area (Å²) in [5.41, 5.74) is 1.67. The Morgan fingerprint density at radius 3 is 2.43 bits per heavy atom. The van der Waals surface area contributed by atoms with Crippen LogP contribution in [-0.4, -0.2) is 18.0 Å². The molecule has 2 aromatic rings. The van der Waals surface area contributed by atoms with Gasteiger partial charge in [-0.1, -0.05) is 48.5 Å². The number of carbonyl (C=O) groups excluding carboxylic acids is 1. The minimum Gasteiger partial charge on any atom is -0.497 e. The quantitative estimate of drug-likeness (QED) is 0.826. The van der Waals surface area contributed by atoms with Crippen molar-refractivity contribution in [2.45, 2.75) is 12.5 Å². The van der Waals surface area contributed by atoms with Crippen molar-refractivity contribution in [3.05, 3.63) is 71.8 Å². The maximum atomic E-state index is 11.9. The van der Waals surface area contributed by atoms with Gasteiger partial charge in [0, 0.05) is 6.42 Å². The summed E-state index contributed by atoms with van der Waals surface area (Å²) in [5, 5.41) is 10.1. The molecule has 0 spiro atoms. The zero-order valence-electron chi connectivity index (χ0n) is 11.9. The van der Waals surface area contributed by atoms with E-state index in [1.54, 1.807) is 37.5 Å². The fourth-order valence-electron chi connectivity index (χ4n) is 1.96. The maximum Gasteiger partial charge on any atom is 0.158 e. The van der Waals surface area contributed by atoms with Crippen LogP contribution in [0, 0.1) is 0 Å². The Bertz CT molecular complexity index is 600. The number of rotatable bonds is 6. The molecule has 2 aromatic carbocycles. The minimum atomic E-state index is -0.802. The van der Waals surface area contributed by atoms with Gasteiger partial charge in [0.1, 0.15) is 5.75 Å². The average Bonchev–Trinajstić information content (AvgIpc) is 2.54. The normalized spacial score (nSPS) is 12.3. The van der Waals surface area contributed by atoms with Crippen molar-refractivity contribution in [1.29, 1.82) is 0 Å². The molecule has 0 heterocycles. The summed E-state index contributed by atoms with van der Waals surface area (Å²) in [6, 6.07) is 16.6. The van der Waals surface area contributed by atoms with Gasteiger partial charge in [0.25, 0.3) is 0 Å². The first-order valence-electron chi connectivity index (χ1n) is 6.77. The third kappa shape index (κ3) is 4.58. The highest BCUT2D eigenvalue weighted by Gasteiger charge is 2.11. The number of aliphatic hydroxyl groups excluding tert-OH is 1. The second-order valence-electron chi connectivity index (χ2n) is 4.70. The van der Waals surface area contributed by atoms with Crippen LogP contribution >= 0.6 is 0 Å². The summed E-state index contributed by atoms with van der Waals surface area (Å²) in [6.07, 6.45) is 2.52. The predicted octanol–water partition coefficient (Wildman–Crippen LogP) is 3.40. The Labute approximate surface area is 124 Å². The topological polar surface area (TPSA) is 46.5 Å². The molecule has 1 unspecified atom stereocenters. The molecule has 1 N–H and O–H groups in total. The van der Waals surface area contributed by atoms with Crippen LogP contribution in [0.3, 0.4) is 0 Å². The first-order valence-corrected chi connectivity index (χ1v) is 6.77. The molecule has 0 aliphatic heterocycles. The lowest BCUT2D eigenvalue weighted by Gasteiger charge is -2.09. The summed E-state index contributed by atoms with van der Waals surface area (Å²) in [4.78, 5) is 11.9. The zero-order chi connectivity index (χ0) is 15.1. The van der Waals surface area contributed by atoms with Gasteiger partial charge in [0.2, 0.25) is 0 Å². The minimum absolute atomic E-state index is 0.0651. The van der Waals surface area contributed by atoms with E-state index < -0.39 is 6.10 Å². The largest absolute Gasteiger partial charge is 0.497 e. The maximum absolute atomic E-state index is 11.9. The van der Waals surface area contributed by atoms with E-state index in [9.17, 15) is 9.90 Å². The van der Waals surface area contributed by atoms with E-state index in [1.165, 1.54) is 6.08 Å². The Hall–Kier alpha value is -2.39. The predicted molar refractivity (Wildman–Crippen MR) is 83.1 cm³/mol. The van der Waals surface area contributed by atoms with Crippen molar-refractivity contribution in [3.8, 4) is 5.75 Å². The van der Waals surface area contributed by atoms with Crippen molar-refractivity contribution in [2.75, 3.05) is 7.11 Å². The van der Waals surface area contributed by atoms with Crippen LogP contribution in [0.2, 0.25) is 0 Å². The molecule has 3 nitrogen and oxygen atoms in total. The van der Waals surface area contributed by atoms with Gasteiger partial charge in [-0.25, -0.2) is 0 Å². The Morgan fingerprint density at radius 2 is 1.81 bits per heavy atom. The van der Waals surface area contributed by atoms with Crippen LogP contribution in [0.4, 0.5) is 0 Å². The first-order chi connectivity index (χ1) is 10.2. The number of benzene rings is 2. The molecular formula is C18H18O3. The number of hydrogen-bond donors (Lipinski definition) is 1. The molecule has 0 aromatic heterocycles. The fourth-order valence-corrected chi connectivity index (χ4v) is 1.96. The van der Waals surface area contributed by atoms with Crippen LogP contribution in [0.25, 0.3) is 6.08 Å². The summed E-state index contributed by atoms with van der Waals surface area (Å²) in [6.45, 7) is 0. The second-order valence-corrected chi connectivity index (χ2v) is 4.70. The van der Waals surface area contributed by atoms with Crippen molar-refractivity contribution in [2.24, 2.45) is 0 Å². The van der Waals surface area contributed by atoms with Crippen molar-refractivity contribution in [1.82, 2.24) is 0 Å². The second kappa shape index (κ2) is 7.41. The SMILES string of the molecule is COc1ccc(C(O)CC(=O)/C=C/c2ccccc2)cc1. The van der Waals surface area contributed by atoms with Crippen molar-refractivity contribution >= 4 is 11.9 Å². The van der Waals surface area contributed by atoms with Crippen molar-refractivity contribution < 1.29 is 14.6 Å². The Balaban J connectivity index is 1.93. The van der Waals surface area contributed by atoms with Gasteiger partial charge < -0.3 is 9.84 Å². The molecule has 0 radical (unpaired) electrons. The molecule has 0 saturated carbocycles. The molecule has 0 bridgehead atoms. The molecule has 0 fully saturated rings. The lowest BCUT2D eigenvalue weighted by atomic mass is 10.0. The van der Waals surface area contributed by atoms with E-state index in [0.29, 0.717) is 5.56 Å². The highest BCUT2D eigenvalue weighted by atomic mass is 16.5. The number of ketones is 1. The van der Waals surface area contributed by atoms with Crippen LogP contribution < -0.4 is 4.74 Å². The molecule has 21 heavy (non-hydrogen) atoms. The third-order valence-corrected chi connectivity index (χ3v) is 3.16. The van der Waals surface area contributed by atoms with Crippen LogP contribution in [0.5, 0.6) is 5.75 Å². The number of hydrogen-bond acceptors (Lipinski definition) is 3. The van der Waals surface area contributed by atoms with E-state index in [4.69, 9.17) is 4.74 Å². The van der Waals surface area contributed by atoms with E-state index in [2.05, 4.69) is 0 Å². The van der Waals surface area contributed by atoms with E-state index in [0.717, 1.165) is 11.3 Å². The average molecular weight is 282 g/mol. The number of allylic oxidation sites excluding steroid dienone is 1.